The van der Waals surface area contributed by atoms with Crippen LogP contribution in [0.1, 0.15) is 72.3 Å². The zero-order valence-electron chi connectivity index (χ0n) is 27.9. The minimum Gasteiger partial charge on any atom is -0.404 e. The molecule has 2 amide bonds. The fraction of sp³-hybridized carbons (Fsp3) is 0.588. The fourth-order valence-corrected chi connectivity index (χ4v) is 7.98. The van der Waals surface area contributed by atoms with Crippen molar-refractivity contribution in [1.29, 1.82) is 0 Å². The third-order valence-corrected chi connectivity index (χ3v) is 10.8. The highest BCUT2D eigenvalue weighted by Crippen LogP contribution is 2.65. The van der Waals surface area contributed by atoms with Crippen molar-refractivity contribution in [1.82, 2.24) is 26.5 Å². The minimum atomic E-state index is -0.829. The highest BCUT2D eigenvalue weighted by atomic mass is 16.7. The van der Waals surface area contributed by atoms with E-state index in [2.05, 4.69) is 56.0 Å². The molecular weight excluding hydrogens is 599 g/mol. The van der Waals surface area contributed by atoms with Gasteiger partial charge in [-0.2, -0.15) is 0 Å². The van der Waals surface area contributed by atoms with E-state index < -0.39 is 30.1 Å². The lowest BCUT2D eigenvalue weighted by atomic mass is 9.43. The van der Waals surface area contributed by atoms with Gasteiger partial charge in [-0.1, -0.05) is 64.1 Å². The predicted octanol–water partition coefficient (Wildman–Crippen LogP) is 3.80. The van der Waals surface area contributed by atoms with Gasteiger partial charge in [-0.15, -0.1) is 5.43 Å². The lowest BCUT2D eigenvalue weighted by Crippen LogP contribution is -2.65. The molecule has 13 heteroatoms. The molecule has 2 aromatic rings. The van der Waals surface area contributed by atoms with E-state index >= 15 is 0 Å². The minimum absolute atomic E-state index is 0.00702. The molecule has 3 saturated carbocycles. The van der Waals surface area contributed by atoms with Crippen LogP contribution in [0.15, 0.2) is 48.5 Å². The van der Waals surface area contributed by atoms with Gasteiger partial charge in [0.2, 0.25) is 18.1 Å². The molecule has 3 aliphatic carbocycles. The number of hydrazine groups is 2. The summed E-state index contributed by atoms with van der Waals surface area (Å²) in [5, 5.41) is 22.5. The van der Waals surface area contributed by atoms with Gasteiger partial charge >= 0.3 is 7.12 Å². The average Bonchev–Trinajstić information content (AvgIpc) is 3.72. The van der Waals surface area contributed by atoms with Crippen LogP contribution < -0.4 is 21.4 Å². The highest BCUT2D eigenvalue weighted by Gasteiger charge is 2.68. The smallest absolute Gasteiger partial charge is 0.404 e. The first-order chi connectivity index (χ1) is 22.3. The van der Waals surface area contributed by atoms with Crippen LogP contribution >= 0.6 is 0 Å². The van der Waals surface area contributed by atoms with Crippen LogP contribution in [-0.2, 0) is 18.9 Å². The predicted molar refractivity (Wildman–Crippen MR) is 179 cm³/mol. The quantitative estimate of drug-likeness (QED) is 0.0599. The van der Waals surface area contributed by atoms with Gasteiger partial charge in [-0.25, -0.2) is 10.1 Å². The fourth-order valence-electron chi connectivity index (χ4n) is 7.98. The summed E-state index contributed by atoms with van der Waals surface area (Å²) in [6.45, 7) is 11.4. The molecule has 12 nitrogen and oxygen atoms in total. The van der Waals surface area contributed by atoms with Gasteiger partial charge in [0.15, 0.2) is 5.03 Å². The molecule has 5 aliphatic rings. The van der Waals surface area contributed by atoms with Crippen molar-refractivity contribution < 1.29 is 23.9 Å². The number of nitro groups is 1. The second-order valence-electron chi connectivity index (χ2n) is 14.8. The summed E-state index contributed by atoms with van der Waals surface area (Å²) in [6.07, 6.45) is 6.21. The third kappa shape index (κ3) is 7.04. The lowest BCUT2D eigenvalue weighted by Gasteiger charge is -2.64. The number of hydrogen-bond acceptors (Lipinski definition) is 8. The Morgan fingerprint density at radius 3 is 2.62 bits per heavy atom. The Bertz CT molecular complexity index is 1540. The summed E-state index contributed by atoms with van der Waals surface area (Å²) in [7, 11) is -0.577. The second kappa shape index (κ2) is 13.2. The number of nitrogens with zero attached hydrogens (tertiary/aromatic N) is 2. The molecule has 0 spiro atoms. The van der Waals surface area contributed by atoms with E-state index in [1.165, 1.54) is 6.08 Å². The molecule has 252 valence electrons. The summed E-state index contributed by atoms with van der Waals surface area (Å²) < 4.78 is 13.3. The maximum atomic E-state index is 13.9. The largest absolute Gasteiger partial charge is 0.481 e. The Morgan fingerprint density at radius 1 is 1.15 bits per heavy atom. The Morgan fingerprint density at radius 2 is 1.91 bits per heavy atom. The number of carbonyl (C=O) groups is 2. The summed E-state index contributed by atoms with van der Waals surface area (Å²) in [6, 6.07) is 13.2. The van der Waals surface area contributed by atoms with Gasteiger partial charge in [0.25, 0.3) is 0 Å². The van der Waals surface area contributed by atoms with E-state index in [-0.39, 0.29) is 35.2 Å². The molecule has 5 fully saturated rings. The molecule has 2 bridgehead atoms. The zero-order chi connectivity index (χ0) is 33.5. The number of fused-ring (bicyclic) bond motifs is 1. The van der Waals surface area contributed by atoms with Crippen molar-refractivity contribution in [3.8, 4) is 0 Å². The molecular formula is C34H47BN6O6. The average molecular weight is 647 g/mol. The van der Waals surface area contributed by atoms with Crippen molar-refractivity contribution in [3.05, 3.63) is 64.2 Å². The van der Waals surface area contributed by atoms with Crippen molar-refractivity contribution in [2.24, 2.45) is 23.2 Å². The number of benzene rings is 2. The Labute approximate surface area is 276 Å². The molecule has 47 heavy (non-hydrogen) atoms. The SMILES string of the molecule is CC(C)C[C@H](NC(=O)[C@H](CCCNC1NN1[N+](=O)[O-])NC(=O)C=Cc1ccc2ccccc2c1)B1O[C@@H]2C[C@@H]3C[C@@H](C3(C)C)[C@]2(C)O1. The van der Waals surface area contributed by atoms with Crippen LogP contribution in [0.2, 0.25) is 0 Å². The van der Waals surface area contributed by atoms with Crippen LogP contribution in [-0.4, -0.2) is 65.6 Å². The number of nitrogens with one attached hydrogen (secondary N) is 4. The molecule has 2 aliphatic heterocycles. The van der Waals surface area contributed by atoms with Crippen molar-refractivity contribution in [3.63, 3.8) is 0 Å². The molecule has 2 aromatic carbocycles. The first kappa shape index (κ1) is 33.4. The summed E-state index contributed by atoms with van der Waals surface area (Å²) in [4.78, 5) is 38.0. The van der Waals surface area contributed by atoms with Crippen LogP contribution in [0.25, 0.3) is 16.8 Å². The molecule has 4 N–H and O–H groups in total. The van der Waals surface area contributed by atoms with Gasteiger partial charge in [-0.05, 0) is 102 Å². The van der Waals surface area contributed by atoms with Gasteiger partial charge in [0.1, 0.15) is 6.04 Å². The standard InChI is InChI=1S/C34H47BN6O6/c1-21(2)17-29(35-46-28-20-25-19-27(33(25,3)4)34(28,5)47-35)38-31(43)26(11-8-16-36-32-39-40(32)41(44)45)37-30(42)15-13-22-12-14-23-9-6-7-10-24(23)18-22/h6-7,9-10,12-15,18,21,25-29,32,36,39H,8,11,16-17,19-20H2,1-5H3,(H,37,42)(H,38,43)/t25-,26-,27-,28+,29-,32?,34-,40?/m0/s1. The van der Waals surface area contributed by atoms with Gasteiger partial charge < -0.3 is 19.9 Å². The van der Waals surface area contributed by atoms with Crippen LogP contribution in [0.3, 0.4) is 0 Å². The molecule has 1 unspecified atom stereocenters. The molecule has 0 aromatic heterocycles. The first-order valence-electron chi connectivity index (χ1n) is 16.9. The van der Waals surface area contributed by atoms with Crippen LogP contribution in [0.4, 0.5) is 0 Å². The number of hydrogen-bond donors (Lipinski definition) is 4. The van der Waals surface area contributed by atoms with Crippen molar-refractivity contribution >= 4 is 35.8 Å². The summed E-state index contributed by atoms with van der Waals surface area (Å²) in [5.41, 5.74) is 3.28. The monoisotopic (exact) mass is 646 g/mol. The van der Waals surface area contributed by atoms with E-state index in [0.717, 1.165) is 34.3 Å². The first-order valence-corrected chi connectivity index (χ1v) is 16.9. The van der Waals surface area contributed by atoms with E-state index in [9.17, 15) is 19.7 Å². The Hall–Kier alpha value is -3.52. The topological polar surface area (TPSA) is 157 Å². The number of amides is 2. The Balaban J connectivity index is 1.12. The van der Waals surface area contributed by atoms with Gasteiger partial charge in [0, 0.05) is 6.08 Å². The number of carbonyl (C=O) groups excluding carboxylic acids is 2. The maximum Gasteiger partial charge on any atom is 0.481 e. The van der Waals surface area contributed by atoms with Crippen LogP contribution in [0.5, 0.6) is 0 Å². The van der Waals surface area contributed by atoms with Crippen LogP contribution in [0, 0.1) is 33.3 Å². The molecule has 0 radical (unpaired) electrons. The van der Waals surface area contributed by atoms with Gasteiger partial charge in [0.05, 0.1) is 17.6 Å². The van der Waals surface area contributed by atoms with Crippen molar-refractivity contribution in [2.75, 3.05) is 6.54 Å². The highest BCUT2D eigenvalue weighted by molar-refractivity contribution is 6.48. The zero-order valence-corrected chi connectivity index (χ0v) is 27.9. The maximum absolute atomic E-state index is 13.9. The van der Waals surface area contributed by atoms with E-state index in [1.807, 2.05) is 42.5 Å². The molecule has 2 saturated heterocycles. The summed E-state index contributed by atoms with van der Waals surface area (Å²) >= 11 is 0. The number of rotatable bonds is 14. The van der Waals surface area contributed by atoms with Gasteiger partial charge in [-0.3, -0.25) is 14.9 Å². The van der Waals surface area contributed by atoms with E-state index in [1.54, 1.807) is 6.08 Å². The normalized spacial score (nSPS) is 28.6. The molecule has 7 rings (SSSR count). The van der Waals surface area contributed by atoms with E-state index in [4.69, 9.17) is 9.31 Å². The molecule has 2 heterocycles. The molecule has 7 atom stereocenters. The third-order valence-electron chi connectivity index (χ3n) is 10.8. The Kier molecular flexibility index (Phi) is 9.36. The lowest BCUT2D eigenvalue weighted by molar-refractivity contribution is -0.627. The van der Waals surface area contributed by atoms with Crippen molar-refractivity contribution in [2.45, 2.75) is 96.7 Å². The second-order valence-corrected chi connectivity index (χ2v) is 14.8. The van der Waals surface area contributed by atoms with E-state index in [0.29, 0.717) is 37.6 Å². The summed E-state index contributed by atoms with van der Waals surface area (Å²) in [5.74, 6) is 0.205.